The standard InChI is InChI=1S/C20H27N3O5S2/c1-20(2,3)28-19(25)21-14(10-13-8-6-5-7-9-13)17(24)22-18-23(4)15-11-30(26,27)12-16(15)29-18/h5-9,14-16H,10-12H2,1-4H3,(H,21,25)/t14-,15-,16-/m0/s1. The van der Waals surface area contributed by atoms with E-state index in [1.165, 1.54) is 11.8 Å². The third-order valence-corrected chi connectivity index (χ3v) is 8.11. The maximum absolute atomic E-state index is 13.0. The third kappa shape index (κ3) is 5.75. The summed E-state index contributed by atoms with van der Waals surface area (Å²) in [7, 11) is -1.31. The van der Waals surface area contributed by atoms with Crippen LogP contribution in [0, 0.1) is 0 Å². The Labute approximate surface area is 181 Å². The molecule has 0 aliphatic carbocycles. The van der Waals surface area contributed by atoms with E-state index in [9.17, 15) is 18.0 Å². The Balaban J connectivity index is 1.76. The van der Waals surface area contributed by atoms with Crippen molar-refractivity contribution in [3.63, 3.8) is 0 Å². The largest absolute Gasteiger partial charge is 0.444 e. The van der Waals surface area contributed by atoms with Crippen LogP contribution in [0.4, 0.5) is 4.79 Å². The third-order valence-electron chi connectivity index (χ3n) is 4.81. The van der Waals surface area contributed by atoms with E-state index in [0.717, 1.165) is 5.56 Å². The highest BCUT2D eigenvalue weighted by Crippen LogP contribution is 2.37. The molecule has 1 aromatic rings. The Kier molecular flexibility index (Phi) is 6.47. The molecule has 2 saturated heterocycles. The van der Waals surface area contributed by atoms with Gasteiger partial charge in [-0.05, 0) is 26.3 Å². The molecule has 0 bridgehead atoms. The summed E-state index contributed by atoms with van der Waals surface area (Å²) in [6, 6.07) is 8.26. The number of rotatable bonds is 4. The second-order valence-corrected chi connectivity index (χ2v) is 11.9. The number of aliphatic imine (C=N–C) groups is 1. The van der Waals surface area contributed by atoms with Crippen molar-refractivity contribution in [1.29, 1.82) is 0 Å². The zero-order valence-corrected chi connectivity index (χ0v) is 19.1. The number of hydrogen-bond acceptors (Lipinski definition) is 6. The van der Waals surface area contributed by atoms with E-state index < -0.39 is 33.5 Å². The molecule has 0 spiro atoms. The first-order chi connectivity index (χ1) is 13.9. The molecular formula is C20H27N3O5S2. The number of benzene rings is 1. The summed E-state index contributed by atoms with van der Waals surface area (Å²) in [5.41, 5.74) is 0.184. The average Bonchev–Trinajstić information content (AvgIpc) is 3.06. The SMILES string of the molecule is CN1C(=NC(=O)[C@H](Cc2ccccc2)NC(=O)OC(C)(C)C)S[C@H]2CS(=O)(=O)C[C@@H]21. The minimum atomic E-state index is -3.06. The lowest BCUT2D eigenvalue weighted by Crippen LogP contribution is -2.44. The molecular weight excluding hydrogens is 426 g/mol. The lowest BCUT2D eigenvalue weighted by atomic mass is 10.1. The topological polar surface area (TPSA) is 105 Å². The fourth-order valence-electron chi connectivity index (χ4n) is 3.41. The number of sulfone groups is 1. The number of fused-ring (bicyclic) bond motifs is 1. The van der Waals surface area contributed by atoms with Crippen LogP contribution in [0.2, 0.25) is 0 Å². The fourth-order valence-corrected chi connectivity index (χ4v) is 7.41. The van der Waals surface area contributed by atoms with E-state index in [1.54, 1.807) is 32.7 Å². The Hall–Kier alpha value is -2.07. The molecule has 2 fully saturated rings. The van der Waals surface area contributed by atoms with Gasteiger partial charge in [-0.3, -0.25) is 4.79 Å². The van der Waals surface area contributed by atoms with Gasteiger partial charge in [0.2, 0.25) is 0 Å². The predicted octanol–water partition coefficient (Wildman–Crippen LogP) is 1.85. The van der Waals surface area contributed by atoms with Gasteiger partial charge in [-0.1, -0.05) is 42.1 Å². The Bertz CT molecular complexity index is 941. The van der Waals surface area contributed by atoms with Crippen LogP contribution in [0.25, 0.3) is 0 Å². The summed E-state index contributed by atoms with van der Waals surface area (Å²) in [6.45, 7) is 5.24. The van der Waals surface area contributed by atoms with Crippen LogP contribution in [0.15, 0.2) is 35.3 Å². The highest BCUT2D eigenvalue weighted by atomic mass is 32.2. The maximum Gasteiger partial charge on any atom is 0.408 e. The maximum atomic E-state index is 13.0. The van der Waals surface area contributed by atoms with Crippen molar-refractivity contribution in [2.45, 2.75) is 50.1 Å². The molecule has 30 heavy (non-hydrogen) atoms. The molecule has 0 radical (unpaired) electrons. The van der Waals surface area contributed by atoms with Gasteiger partial charge in [-0.2, -0.15) is 4.99 Å². The van der Waals surface area contributed by atoms with Crippen molar-refractivity contribution in [1.82, 2.24) is 10.2 Å². The van der Waals surface area contributed by atoms with Crippen molar-refractivity contribution in [3.05, 3.63) is 35.9 Å². The molecule has 3 atom stereocenters. The number of nitrogens with one attached hydrogen (secondary N) is 1. The number of hydrogen-bond donors (Lipinski definition) is 1. The van der Waals surface area contributed by atoms with Gasteiger partial charge in [0.15, 0.2) is 15.0 Å². The normalized spacial score (nSPS) is 25.1. The second kappa shape index (κ2) is 8.58. The number of carbonyl (C=O) groups excluding carboxylic acids is 2. The zero-order chi connectivity index (χ0) is 22.1. The van der Waals surface area contributed by atoms with Crippen molar-refractivity contribution >= 4 is 38.8 Å². The fraction of sp³-hybridized carbons (Fsp3) is 0.550. The molecule has 0 saturated carbocycles. The van der Waals surface area contributed by atoms with Gasteiger partial charge in [-0.25, -0.2) is 13.2 Å². The van der Waals surface area contributed by atoms with Crippen molar-refractivity contribution in [2.24, 2.45) is 4.99 Å². The minimum Gasteiger partial charge on any atom is -0.444 e. The van der Waals surface area contributed by atoms with Crippen LogP contribution in [0.3, 0.4) is 0 Å². The van der Waals surface area contributed by atoms with Gasteiger partial charge < -0.3 is 15.0 Å². The Morgan fingerprint density at radius 1 is 1.27 bits per heavy atom. The van der Waals surface area contributed by atoms with E-state index >= 15 is 0 Å². The molecule has 8 nitrogen and oxygen atoms in total. The molecule has 1 aromatic carbocycles. The first kappa shape index (κ1) is 22.6. The smallest absolute Gasteiger partial charge is 0.408 e. The number of amidine groups is 1. The number of nitrogens with zero attached hydrogens (tertiary/aromatic N) is 2. The van der Waals surface area contributed by atoms with Crippen LogP contribution >= 0.6 is 11.8 Å². The van der Waals surface area contributed by atoms with Crippen LogP contribution in [0.5, 0.6) is 0 Å². The van der Waals surface area contributed by atoms with Crippen LogP contribution in [0.1, 0.15) is 26.3 Å². The highest BCUT2D eigenvalue weighted by molar-refractivity contribution is 8.15. The van der Waals surface area contributed by atoms with Crippen LogP contribution in [-0.4, -0.2) is 72.0 Å². The minimum absolute atomic E-state index is 0.0674. The van der Waals surface area contributed by atoms with Gasteiger partial charge in [0.05, 0.1) is 17.5 Å². The lowest BCUT2D eigenvalue weighted by molar-refractivity contribution is -0.119. The molecule has 0 aromatic heterocycles. The summed E-state index contributed by atoms with van der Waals surface area (Å²) in [6.07, 6.45) is -0.418. The molecule has 0 unspecified atom stereocenters. The first-order valence-corrected chi connectivity index (χ1v) is 12.4. The van der Waals surface area contributed by atoms with Crippen LogP contribution in [-0.2, 0) is 25.8 Å². The molecule has 164 valence electrons. The number of carbonyl (C=O) groups is 2. The summed E-state index contributed by atoms with van der Waals surface area (Å²) >= 11 is 1.30. The van der Waals surface area contributed by atoms with Crippen molar-refractivity contribution < 1.29 is 22.7 Å². The molecule has 2 aliphatic heterocycles. The first-order valence-electron chi connectivity index (χ1n) is 9.69. The lowest BCUT2D eigenvalue weighted by Gasteiger charge is -2.23. The molecule has 2 aliphatic rings. The molecule has 1 N–H and O–H groups in total. The second-order valence-electron chi connectivity index (χ2n) is 8.53. The summed E-state index contributed by atoms with van der Waals surface area (Å²) in [4.78, 5) is 31.3. The monoisotopic (exact) mass is 453 g/mol. The number of amides is 2. The van der Waals surface area contributed by atoms with Crippen molar-refractivity contribution in [2.75, 3.05) is 18.6 Å². The average molecular weight is 454 g/mol. The zero-order valence-electron chi connectivity index (χ0n) is 17.5. The summed E-state index contributed by atoms with van der Waals surface area (Å²) in [5, 5.41) is 2.99. The summed E-state index contributed by atoms with van der Waals surface area (Å²) < 4.78 is 29.0. The highest BCUT2D eigenvalue weighted by Gasteiger charge is 2.47. The van der Waals surface area contributed by atoms with E-state index in [-0.39, 0.29) is 29.2 Å². The van der Waals surface area contributed by atoms with Gasteiger partial charge in [0, 0.05) is 18.7 Å². The van der Waals surface area contributed by atoms with Gasteiger partial charge in [0.25, 0.3) is 5.91 Å². The number of ether oxygens (including phenoxy) is 1. The molecule has 3 rings (SSSR count). The summed E-state index contributed by atoms with van der Waals surface area (Å²) in [5.74, 6) is -0.344. The van der Waals surface area contributed by atoms with Crippen LogP contribution < -0.4 is 5.32 Å². The van der Waals surface area contributed by atoms with Gasteiger partial charge in [0.1, 0.15) is 11.6 Å². The Morgan fingerprint density at radius 3 is 2.53 bits per heavy atom. The molecule has 2 amide bonds. The predicted molar refractivity (Wildman–Crippen MR) is 117 cm³/mol. The number of thioether (sulfide) groups is 1. The molecule has 2 heterocycles. The van der Waals surface area contributed by atoms with E-state index in [2.05, 4.69) is 10.3 Å². The van der Waals surface area contributed by atoms with E-state index in [4.69, 9.17) is 4.74 Å². The van der Waals surface area contributed by atoms with Gasteiger partial charge >= 0.3 is 6.09 Å². The molecule has 10 heteroatoms. The quantitative estimate of drug-likeness (QED) is 0.742. The Morgan fingerprint density at radius 2 is 1.93 bits per heavy atom. The number of alkyl carbamates (subject to hydrolysis) is 1. The van der Waals surface area contributed by atoms with Gasteiger partial charge in [-0.15, -0.1) is 0 Å². The van der Waals surface area contributed by atoms with Crippen molar-refractivity contribution in [3.8, 4) is 0 Å². The van der Waals surface area contributed by atoms with E-state index in [0.29, 0.717) is 5.17 Å². The van der Waals surface area contributed by atoms with E-state index in [1.807, 2.05) is 30.3 Å².